The lowest BCUT2D eigenvalue weighted by atomic mass is 9.77. The number of sulfone groups is 1. The SMILES string of the molecule is COC(=O)CC1CCC(c2ccc(-c3ccc(-c4nc5ccc(S(C)(=O)=O)cc5[nH]4)c(F)c3)cc2)CC1. The molecule has 0 unspecified atom stereocenters. The van der Waals surface area contributed by atoms with Gasteiger partial charge < -0.3 is 9.72 Å². The Morgan fingerprint density at radius 1 is 1.00 bits per heavy atom. The normalized spacial score (nSPS) is 18.1. The largest absolute Gasteiger partial charge is 0.469 e. The average molecular weight is 521 g/mol. The Kier molecular flexibility index (Phi) is 6.86. The van der Waals surface area contributed by atoms with Gasteiger partial charge in [0.05, 0.1) is 28.6 Å². The highest BCUT2D eigenvalue weighted by atomic mass is 32.2. The number of benzene rings is 3. The number of carbonyl (C=O) groups excluding carboxylic acids is 1. The fraction of sp³-hybridized carbons (Fsp3) is 0.310. The van der Waals surface area contributed by atoms with Crippen LogP contribution in [0, 0.1) is 11.7 Å². The van der Waals surface area contributed by atoms with E-state index in [0.29, 0.717) is 40.7 Å². The molecule has 0 amide bonds. The number of ether oxygens (including phenoxy) is 1. The topological polar surface area (TPSA) is 89.1 Å². The van der Waals surface area contributed by atoms with Crippen molar-refractivity contribution in [3.05, 3.63) is 72.0 Å². The molecule has 1 heterocycles. The van der Waals surface area contributed by atoms with Crippen LogP contribution >= 0.6 is 0 Å². The lowest BCUT2D eigenvalue weighted by Gasteiger charge is -2.28. The Hall–Kier alpha value is -3.52. The third-order valence-corrected chi connectivity index (χ3v) is 8.46. The van der Waals surface area contributed by atoms with Crippen molar-refractivity contribution < 1.29 is 22.3 Å². The van der Waals surface area contributed by atoms with Gasteiger partial charge in [-0.25, -0.2) is 17.8 Å². The number of nitrogens with zero attached hydrogens (tertiary/aromatic N) is 1. The van der Waals surface area contributed by atoms with Crippen molar-refractivity contribution in [3.63, 3.8) is 0 Å². The Bertz CT molecular complexity index is 1550. The summed E-state index contributed by atoms with van der Waals surface area (Å²) in [5.74, 6) is 0.680. The summed E-state index contributed by atoms with van der Waals surface area (Å²) in [7, 11) is -1.92. The molecule has 1 aliphatic rings. The van der Waals surface area contributed by atoms with Gasteiger partial charge in [-0.15, -0.1) is 0 Å². The van der Waals surface area contributed by atoms with Gasteiger partial charge >= 0.3 is 5.97 Å². The molecule has 6 nitrogen and oxygen atoms in total. The summed E-state index contributed by atoms with van der Waals surface area (Å²) in [4.78, 5) is 19.2. The fourth-order valence-electron chi connectivity index (χ4n) is 5.20. The summed E-state index contributed by atoms with van der Waals surface area (Å²) >= 11 is 0. The second-order valence-corrected chi connectivity index (χ2v) is 11.9. The number of aromatic nitrogens is 2. The molecule has 0 bridgehead atoms. The second-order valence-electron chi connectivity index (χ2n) is 9.85. The third-order valence-electron chi connectivity index (χ3n) is 7.35. The standard InChI is InChI=1S/C29H29FN2O4S/c1-36-28(33)15-18-3-5-19(6-4-18)20-7-9-21(10-8-20)22-11-13-24(25(30)16-22)29-31-26-14-12-23(37(2,34)35)17-27(26)32-29/h7-14,16-19H,3-6,15H2,1-2H3,(H,31,32). The molecule has 4 aromatic rings. The molecule has 1 aromatic heterocycles. The molecule has 192 valence electrons. The molecular weight excluding hydrogens is 491 g/mol. The van der Waals surface area contributed by atoms with Gasteiger partial charge in [0.25, 0.3) is 0 Å². The number of rotatable bonds is 6. The lowest BCUT2D eigenvalue weighted by Crippen LogP contribution is -2.17. The van der Waals surface area contributed by atoms with E-state index in [4.69, 9.17) is 4.74 Å². The highest BCUT2D eigenvalue weighted by molar-refractivity contribution is 7.90. The van der Waals surface area contributed by atoms with E-state index < -0.39 is 15.7 Å². The molecular formula is C29H29FN2O4S. The van der Waals surface area contributed by atoms with E-state index in [1.807, 2.05) is 18.2 Å². The van der Waals surface area contributed by atoms with Crippen LogP contribution in [0.4, 0.5) is 4.39 Å². The summed E-state index contributed by atoms with van der Waals surface area (Å²) in [5, 5.41) is 0. The molecule has 37 heavy (non-hydrogen) atoms. The molecule has 1 saturated carbocycles. The van der Waals surface area contributed by atoms with E-state index in [-0.39, 0.29) is 10.9 Å². The Balaban J connectivity index is 1.31. The van der Waals surface area contributed by atoms with Crippen molar-refractivity contribution in [3.8, 4) is 22.5 Å². The van der Waals surface area contributed by atoms with Crippen molar-refractivity contribution >= 4 is 26.8 Å². The van der Waals surface area contributed by atoms with E-state index in [0.717, 1.165) is 43.1 Å². The molecule has 0 spiro atoms. The van der Waals surface area contributed by atoms with Crippen molar-refractivity contribution in [2.45, 2.75) is 42.9 Å². The number of H-pyrrole nitrogens is 1. The maximum Gasteiger partial charge on any atom is 0.305 e. The van der Waals surface area contributed by atoms with Gasteiger partial charge in [0.1, 0.15) is 11.6 Å². The Labute approximate surface area is 215 Å². The summed E-state index contributed by atoms with van der Waals surface area (Å²) in [6, 6.07) is 18.0. The zero-order chi connectivity index (χ0) is 26.2. The van der Waals surface area contributed by atoms with E-state index in [2.05, 4.69) is 22.1 Å². The number of nitrogens with one attached hydrogen (secondary N) is 1. The minimum atomic E-state index is -3.35. The van der Waals surface area contributed by atoms with E-state index >= 15 is 4.39 Å². The second kappa shape index (κ2) is 10.1. The molecule has 1 fully saturated rings. The van der Waals surface area contributed by atoms with Crippen LogP contribution in [0.1, 0.15) is 43.6 Å². The molecule has 8 heteroatoms. The zero-order valence-electron chi connectivity index (χ0n) is 20.8. The number of methoxy groups -OCH3 is 1. The summed E-state index contributed by atoms with van der Waals surface area (Å²) in [6.07, 6.45) is 5.78. The molecule has 1 N–H and O–H groups in total. The van der Waals surface area contributed by atoms with Crippen LogP contribution in [-0.4, -0.2) is 37.7 Å². The highest BCUT2D eigenvalue weighted by Crippen LogP contribution is 2.38. The summed E-state index contributed by atoms with van der Waals surface area (Å²) in [5.41, 5.74) is 4.40. The zero-order valence-corrected chi connectivity index (χ0v) is 21.6. The van der Waals surface area contributed by atoms with E-state index in [9.17, 15) is 13.2 Å². The number of aromatic amines is 1. The smallest absolute Gasteiger partial charge is 0.305 e. The summed E-state index contributed by atoms with van der Waals surface area (Å²) < 4.78 is 43.6. The van der Waals surface area contributed by atoms with Crippen LogP contribution in [0.5, 0.6) is 0 Å². The molecule has 0 saturated heterocycles. The number of esters is 1. The fourth-order valence-corrected chi connectivity index (χ4v) is 5.85. The first-order valence-electron chi connectivity index (χ1n) is 12.4. The lowest BCUT2D eigenvalue weighted by molar-refractivity contribution is -0.142. The number of imidazole rings is 1. The van der Waals surface area contributed by atoms with Crippen LogP contribution < -0.4 is 0 Å². The average Bonchev–Trinajstić information content (AvgIpc) is 3.32. The molecule has 3 aromatic carbocycles. The van der Waals surface area contributed by atoms with Crippen molar-refractivity contribution in [2.75, 3.05) is 13.4 Å². The first-order valence-corrected chi connectivity index (χ1v) is 14.3. The Morgan fingerprint density at radius 3 is 2.35 bits per heavy atom. The summed E-state index contributed by atoms with van der Waals surface area (Å²) in [6.45, 7) is 0. The van der Waals surface area contributed by atoms with Crippen LogP contribution in [0.2, 0.25) is 0 Å². The van der Waals surface area contributed by atoms with Gasteiger partial charge in [0.15, 0.2) is 9.84 Å². The van der Waals surface area contributed by atoms with Gasteiger partial charge in [0, 0.05) is 12.7 Å². The van der Waals surface area contributed by atoms with Gasteiger partial charge in [-0.1, -0.05) is 30.3 Å². The molecule has 0 radical (unpaired) electrons. The third kappa shape index (κ3) is 5.44. The minimum absolute atomic E-state index is 0.132. The van der Waals surface area contributed by atoms with Gasteiger partial charge in [0.2, 0.25) is 0 Å². The monoisotopic (exact) mass is 520 g/mol. The highest BCUT2D eigenvalue weighted by Gasteiger charge is 2.24. The predicted octanol–water partition coefficient (Wildman–Crippen LogP) is 6.28. The van der Waals surface area contributed by atoms with Crippen LogP contribution in [-0.2, 0) is 19.4 Å². The van der Waals surface area contributed by atoms with Crippen molar-refractivity contribution in [1.82, 2.24) is 9.97 Å². The van der Waals surface area contributed by atoms with E-state index in [1.165, 1.54) is 30.9 Å². The molecule has 0 aliphatic heterocycles. The maximum atomic E-state index is 15.2. The van der Waals surface area contributed by atoms with Crippen molar-refractivity contribution in [2.24, 2.45) is 5.92 Å². The molecule has 0 atom stereocenters. The quantitative estimate of drug-likeness (QED) is 0.303. The molecule has 5 rings (SSSR count). The van der Waals surface area contributed by atoms with Gasteiger partial charge in [-0.3, -0.25) is 4.79 Å². The predicted molar refractivity (Wildman–Crippen MR) is 141 cm³/mol. The number of hydrogen-bond acceptors (Lipinski definition) is 5. The van der Waals surface area contributed by atoms with Gasteiger partial charge in [-0.2, -0.15) is 0 Å². The Morgan fingerprint density at radius 2 is 1.70 bits per heavy atom. The van der Waals surface area contributed by atoms with Crippen molar-refractivity contribution in [1.29, 1.82) is 0 Å². The number of halogens is 1. The molecule has 1 aliphatic carbocycles. The maximum absolute atomic E-state index is 15.2. The van der Waals surface area contributed by atoms with Gasteiger partial charge in [-0.05, 0) is 84.5 Å². The first-order chi connectivity index (χ1) is 17.7. The minimum Gasteiger partial charge on any atom is -0.469 e. The van der Waals surface area contributed by atoms with Crippen LogP contribution in [0.3, 0.4) is 0 Å². The first kappa shape index (κ1) is 25.1. The van der Waals surface area contributed by atoms with Crippen LogP contribution in [0.15, 0.2) is 65.6 Å². The number of carbonyl (C=O) groups is 1. The van der Waals surface area contributed by atoms with E-state index in [1.54, 1.807) is 12.1 Å². The number of fused-ring (bicyclic) bond motifs is 1. The van der Waals surface area contributed by atoms with Crippen LogP contribution in [0.25, 0.3) is 33.5 Å². The number of hydrogen-bond donors (Lipinski definition) is 1.